The van der Waals surface area contributed by atoms with E-state index in [1.165, 1.54) is 32.4 Å². The summed E-state index contributed by atoms with van der Waals surface area (Å²) in [4.78, 5) is 0. The number of hydrogen-bond donors (Lipinski definition) is 1. The van der Waals surface area contributed by atoms with E-state index in [1.807, 2.05) is 0 Å². The van der Waals surface area contributed by atoms with Crippen molar-refractivity contribution in [3.63, 3.8) is 0 Å². The smallest absolute Gasteiger partial charge is 0.0496 e. The van der Waals surface area contributed by atoms with Crippen LogP contribution in [0, 0.1) is 17.8 Å². The third-order valence-corrected chi connectivity index (χ3v) is 3.50. The average Bonchev–Trinajstić information content (AvgIpc) is 2.95. The van der Waals surface area contributed by atoms with E-state index in [0.717, 1.165) is 31.0 Å². The van der Waals surface area contributed by atoms with Crippen LogP contribution in [0.3, 0.4) is 0 Å². The second-order valence-electron chi connectivity index (χ2n) is 4.41. The predicted octanol–water partition coefficient (Wildman–Crippen LogP) is 1.66. The summed E-state index contributed by atoms with van der Waals surface area (Å²) in [5.41, 5.74) is 0. The lowest BCUT2D eigenvalue weighted by molar-refractivity contribution is 0.128. The zero-order valence-electron chi connectivity index (χ0n) is 8.59. The molecule has 1 N–H and O–H groups in total. The Bertz CT molecular complexity index is 154. The van der Waals surface area contributed by atoms with E-state index in [4.69, 9.17) is 4.74 Å². The van der Waals surface area contributed by atoms with Crippen LogP contribution in [0.25, 0.3) is 0 Å². The van der Waals surface area contributed by atoms with Gasteiger partial charge in [0, 0.05) is 13.2 Å². The van der Waals surface area contributed by atoms with Crippen molar-refractivity contribution in [2.75, 3.05) is 26.3 Å². The Labute approximate surface area is 81.0 Å². The van der Waals surface area contributed by atoms with Gasteiger partial charge in [0.25, 0.3) is 0 Å². The van der Waals surface area contributed by atoms with Gasteiger partial charge in [0.15, 0.2) is 0 Å². The highest BCUT2D eigenvalue weighted by Crippen LogP contribution is 2.47. The van der Waals surface area contributed by atoms with Crippen LogP contribution >= 0.6 is 0 Å². The maximum Gasteiger partial charge on any atom is 0.0496 e. The van der Waals surface area contributed by atoms with Crippen LogP contribution in [0.15, 0.2) is 0 Å². The summed E-state index contributed by atoms with van der Waals surface area (Å²) in [6.07, 6.45) is 4.23. The molecule has 0 aromatic heterocycles. The molecule has 0 aromatic rings. The van der Waals surface area contributed by atoms with Gasteiger partial charge in [-0.1, -0.05) is 0 Å². The molecule has 1 unspecified atom stereocenters. The molecule has 2 aliphatic rings. The Morgan fingerprint density at radius 1 is 1.31 bits per heavy atom. The minimum atomic E-state index is 0.884. The quantitative estimate of drug-likeness (QED) is 0.715. The topological polar surface area (TPSA) is 21.3 Å². The third-order valence-electron chi connectivity index (χ3n) is 3.50. The van der Waals surface area contributed by atoms with Crippen molar-refractivity contribution in [1.29, 1.82) is 0 Å². The summed E-state index contributed by atoms with van der Waals surface area (Å²) in [5, 5.41) is 3.42. The van der Waals surface area contributed by atoms with Crippen LogP contribution in [0.5, 0.6) is 0 Å². The van der Waals surface area contributed by atoms with Crippen molar-refractivity contribution in [2.24, 2.45) is 17.8 Å². The third kappa shape index (κ3) is 2.44. The molecule has 76 valence electrons. The van der Waals surface area contributed by atoms with E-state index in [9.17, 15) is 0 Å². The monoisotopic (exact) mass is 183 g/mol. The molecular formula is C11H21NO. The van der Waals surface area contributed by atoms with Gasteiger partial charge in [-0.15, -0.1) is 0 Å². The maximum atomic E-state index is 5.46. The molecule has 0 amide bonds. The lowest BCUT2D eigenvalue weighted by Crippen LogP contribution is -2.29. The fourth-order valence-corrected chi connectivity index (χ4v) is 2.58. The van der Waals surface area contributed by atoms with Gasteiger partial charge in [0.1, 0.15) is 0 Å². The molecule has 2 fully saturated rings. The summed E-state index contributed by atoms with van der Waals surface area (Å²) < 4.78 is 5.46. The van der Waals surface area contributed by atoms with Crippen molar-refractivity contribution >= 4 is 0 Å². The van der Waals surface area contributed by atoms with Crippen LogP contribution < -0.4 is 5.32 Å². The largest absolute Gasteiger partial charge is 0.381 e. The Morgan fingerprint density at radius 3 is 2.77 bits per heavy atom. The molecular weight excluding hydrogens is 162 g/mol. The second kappa shape index (κ2) is 4.43. The SMILES string of the molecule is CCOCC1C[C@@H]1C1CCNCC1. The lowest BCUT2D eigenvalue weighted by Gasteiger charge is -2.22. The zero-order valence-corrected chi connectivity index (χ0v) is 8.59. The van der Waals surface area contributed by atoms with Crippen molar-refractivity contribution in [2.45, 2.75) is 26.2 Å². The van der Waals surface area contributed by atoms with E-state index in [1.54, 1.807) is 0 Å². The first-order valence-electron chi connectivity index (χ1n) is 5.70. The highest BCUT2D eigenvalue weighted by Gasteiger charge is 2.42. The minimum absolute atomic E-state index is 0.884. The van der Waals surface area contributed by atoms with E-state index in [-0.39, 0.29) is 0 Å². The highest BCUT2D eigenvalue weighted by atomic mass is 16.5. The molecule has 2 heteroatoms. The van der Waals surface area contributed by atoms with E-state index >= 15 is 0 Å². The molecule has 2 nitrogen and oxygen atoms in total. The van der Waals surface area contributed by atoms with Crippen molar-refractivity contribution in [3.05, 3.63) is 0 Å². The fourth-order valence-electron chi connectivity index (χ4n) is 2.58. The van der Waals surface area contributed by atoms with Gasteiger partial charge in [-0.3, -0.25) is 0 Å². The summed E-state index contributed by atoms with van der Waals surface area (Å²) in [6.45, 7) is 6.47. The number of ether oxygens (including phenoxy) is 1. The number of rotatable bonds is 4. The summed E-state index contributed by atoms with van der Waals surface area (Å²) in [5.74, 6) is 2.92. The fraction of sp³-hybridized carbons (Fsp3) is 1.00. The minimum Gasteiger partial charge on any atom is -0.381 e. The zero-order chi connectivity index (χ0) is 9.10. The van der Waals surface area contributed by atoms with Crippen LogP contribution in [0.4, 0.5) is 0 Å². The molecule has 1 saturated heterocycles. The maximum absolute atomic E-state index is 5.46. The summed E-state index contributed by atoms with van der Waals surface area (Å²) in [6, 6.07) is 0. The van der Waals surface area contributed by atoms with Crippen molar-refractivity contribution in [3.8, 4) is 0 Å². The molecule has 13 heavy (non-hydrogen) atoms. The molecule has 0 spiro atoms. The normalized spacial score (nSPS) is 34.8. The highest BCUT2D eigenvalue weighted by molar-refractivity contribution is 4.92. The number of nitrogens with one attached hydrogen (secondary N) is 1. The first-order valence-corrected chi connectivity index (χ1v) is 5.70. The molecule has 1 heterocycles. The van der Waals surface area contributed by atoms with Gasteiger partial charge < -0.3 is 10.1 Å². The first kappa shape index (κ1) is 9.47. The lowest BCUT2D eigenvalue weighted by atomic mass is 9.92. The Morgan fingerprint density at radius 2 is 2.08 bits per heavy atom. The molecule has 2 rings (SSSR count). The summed E-state index contributed by atoms with van der Waals surface area (Å²) >= 11 is 0. The van der Waals surface area contributed by atoms with Gasteiger partial charge >= 0.3 is 0 Å². The van der Waals surface area contributed by atoms with Crippen LogP contribution in [-0.4, -0.2) is 26.3 Å². The van der Waals surface area contributed by atoms with Crippen molar-refractivity contribution < 1.29 is 4.74 Å². The summed E-state index contributed by atoms with van der Waals surface area (Å²) in [7, 11) is 0. The van der Waals surface area contributed by atoms with Gasteiger partial charge in [0.2, 0.25) is 0 Å². The van der Waals surface area contributed by atoms with Crippen LogP contribution in [-0.2, 0) is 4.74 Å². The molecule has 1 aliphatic heterocycles. The van der Waals surface area contributed by atoms with E-state index in [2.05, 4.69) is 12.2 Å². The first-order chi connectivity index (χ1) is 6.42. The molecule has 2 atom stereocenters. The van der Waals surface area contributed by atoms with Crippen LogP contribution in [0.1, 0.15) is 26.2 Å². The number of piperidine rings is 1. The Hall–Kier alpha value is -0.0800. The molecule has 0 aromatic carbocycles. The molecule has 0 radical (unpaired) electrons. The van der Waals surface area contributed by atoms with Crippen molar-refractivity contribution in [1.82, 2.24) is 5.32 Å². The number of hydrogen-bond acceptors (Lipinski definition) is 2. The Balaban J connectivity index is 1.66. The van der Waals surface area contributed by atoms with Gasteiger partial charge in [-0.2, -0.15) is 0 Å². The average molecular weight is 183 g/mol. The Kier molecular flexibility index (Phi) is 3.23. The second-order valence-corrected chi connectivity index (χ2v) is 4.41. The predicted molar refractivity (Wildman–Crippen MR) is 53.7 cm³/mol. The van der Waals surface area contributed by atoms with Crippen LogP contribution in [0.2, 0.25) is 0 Å². The van der Waals surface area contributed by atoms with E-state index in [0.29, 0.717) is 0 Å². The molecule has 0 bridgehead atoms. The standard InChI is InChI=1S/C11H21NO/c1-2-13-8-10-7-11(10)9-3-5-12-6-4-9/h9-12H,2-8H2,1H3/t10?,11-/m1/s1. The van der Waals surface area contributed by atoms with Gasteiger partial charge in [0.05, 0.1) is 0 Å². The molecule has 1 saturated carbocycles. The van der Waals surface area contributed by atoms with Gasteiger partial charge in [-0.25, -0.2) is 0 Å². The molecule has 1 aliphatic carbocycles. The van der Waals surface area contributed by atoms with E-state index < -0.39 is 0 Å². The van der Waals surface area contributed by atoms with Gasteiger partial charge in [-0.05, 0) is 57.0 Å².